The Morgan fingerprint density at radius 2 is 1.55 bits per heavy atom. The van der Waals surface area contributed by atoms with E-state index < -0.39 is 47.9 Å². The maximum atomic E-state index is 12.8. The lowest BCUT2D eigenvalue weighted by Crippen LogP contribution is -2.59. The second kappa shape index (κ2) is 15.3. The van der Waals surface area contributed by atoms with Gasteiger partial charge in [0.2, 0.25) is 17.7 Å². The van der Waals surface area contributed by atoms with Gasteiger partial charge in [0.15, 0.2) is 5.96 Å². The molecular weight excluding hydrogens is 450 g/mol. The van der Waals surface area contributed by atoms with Gasteiger partial charge in [0.25, 0.3) is 0 Å². The maximum absolute atomic E-state index is 12.8. The van der Waals surface area contributed by atoms with E-state index in [0.717, 1.165) is 0 Å². The van der Waals surface area contributed by atoms with Gasteiger partial charge in [0, 0.05) is 12.3 Å². The number of aliphatic carboxylic acids is 1. The number of carboxylic acids is 1. The van der Waals surface area contributed by atoms with E-state index in [1.54, 1.807) is 13.8 Å². The minimum atomic E-state index is -1.23. The number of thiol groups is 1. The summed E-state index contributed by atoms with van der Waals surface area (Å²) in [6.07, 6.45) is 1.11. The summed E-state index contributed by atoms with van der Waals surface area (Å²) in [6, 6.07) is -4.01. The first-order valence-electron chi connectivity index (χ1n) is 10.9. The molecule has 0 radical (unpaired) electrons. The zero-order chi connectivity index (χ0) is 25.7. The molecule has 0 aromatic carbocycles. The van der Waals surface area contributed by atoms with Crippen molar-refractivity contribution < 1.29 is 24.3 Å². The molecule has 0 saturated heterocycles. The largest absolute Gasteiger partial charge is 0.480 e. The van der Waals surface area contributed by atoms with Crippen molar-refractivity contribution in [2.24, 2.45) is 34.0 Å². The Balaban J connectivity index is 5.15. The second-order valence-electron chi connectivity index (χ2n) is 8.23. The van der Waals surface area contributed by atoms with Crippen LogP contribution in [0.4, 0.5) is 0 Å². The van der Waals surface area contributed by atoms with Crippen LogP contribution in [0.2, 0.25) is 0 Å². The monoisotopic (exact) mass is 489 g/mol. The number of carbonyl (C=O) groups is 4. The number of carbonyl (C=O) groups excluding carboxylic acids is 3. The molecule has 0 bridgehead atoms. The number of guanidine groups is 1. The van der Waals surface area contributed by atoms with Crippen molar-refractivity contribution >= 4 is 42.3 Å². The summed E-state index contributed by atoms with van der Waals surface area (Å²) in [4.78, 5) is 53.1. The summed E-state index contributed by atoms with van der Waals surface area (Å²) >= 11 is 4.10. The molecule has 13 heteroatoms. The molecule has 0 fully saturated rings. The highest BCUT2D eigenvalue weighted by atomic mass is 32.1. The SMILES string of the molecule is CCC(C)C(N)C(=O)NC(C(=O)NC(CS)C(=O)NC(CCCN=C(N)N)C(=O)O)C(C)C. The van der Waals surface area contributed by atoms with Crippen molar-refractivity contribution in [1.82, 2.24) is 16.0 Å². The van der Waals surface area contributed by atoms with E-state index in [0.29, 0.717) is 12.8 Å². The highest BCUT2D eigenvalue weighted by Gasteiger charge is 2.31. The zero-order valence-electron chi connectivity index (χ0n) is 19.7. The number of hydrogen-bond donors (Lipinski definition) is 8. The molecule has 5 unspecified atom stereocenters. The number of aliphatic imine (C=N–C) groups is 1. The van der Waals surface area contributed by atoms with E-state index in [-0.39, 0.29) is 36.5 Å². The highest BCUT2D eigenvalue weighted by Crippen LogP contribution is 2.09. The van der Waals surface area contributed by atoms with Crippen LogP contribution in [0, 0.1) is 11.8 Å². The molecule has 0 spiro atoms. The highest BCUT2D eigenvalue weighted by molar-refractivity contribution is 7.80. The Bertz CT molecular complexity index is 700. The average Bonchev–Trinajstić information content (AvgIpc) is 2.75. The van der Waals surface area contributed by atoms with Gasteiger partial charge in [0.05, 0.1) is 6.04 Å². The molecular formula is C20H39N7O5S. The van der Waals surface area contributed by atoms with Gasteiger partial charge in [-0.25, -0.2) is 4.79 Å². The fourth-order valence-electron chi connectivity index (χ4n) is 2.79. The van der Waals surface area contributed by atoms with Crippen molar-refractivity contribution in [3.63, 3.8) is 0 Å². The van der Waals surface area contributed by atoms with Crippen LogP contribution < -0.4 is 33.2 Å². The number of rotatable bonds is 15. The van der Waals surface area contributed by atoms with Gasteiger partial charge < -0.3 is 38.3 Å². The normalized spacial score (nSPS) is 15.5. The fourth-order valence-corrected chi connectivity index (χ4v) is 3.04. The van der Waals surface area contributed by atoms with E-state index in [4.69, 9.17) is 17.2 Å². The average molecular weight is 490 g/mol. The van der Waals surface area contributed by atoms with E-state index in [1.807, 2.05) is 13.8 Å². The van der Waals surface area contributed by atoms with Gasteiger partial charge in [-0.15, -0.1) is 0 Å². The van der Waals surface area contributed by atoms with Crippen LogP contribution in [-0.4, -0.2) is 71.2 Å². The molecule has 0 aliphatic carbocycles. The van der Waals surface area contributed by atoms with Gasteiger partial charge in [-0.1, -0.05) is 34.1 Å². The minimum Gasteiger partial charge on any atom is -0.480 e. The van der Waals surface area contributed by atoms with E-state index in [9.17, 15) is 24.3 Å². The summed E-state index contributed by atoms with van der Waals surface area (Å²) in [5.41, 5.74) is 16.4. The molecule has 190 valence electrons. The van der Waals surface area contributed by atoms with Crippen molar-refractivity contribution in [2.45, 2.75) is 71.1 Å². The number of nitrogens with one attached hydrogen (secondary N) is 3. The van der Waals surface area contributed by atoms with Crippen LogP contribution in [-0.2, 0) is 19.2 Å². The molecule has 0 rings (SSSR count). The second-order valence-corrected chi connectivity index (χ2v) is 8.60. The van der Waals surface area contributed by atoms with Crippen molar-refractivity contribution in [3.8, 4) is 0 Å². The zero-order valence-corrected chi connectivity index (χ0v) is 20.6. The molecule has 3 amide bonds. The maximum Gasteiger partial charge on any atom is 0.326 e. The number of nitrogens with two attached hydrogens (primary N) is 3. The molecule has 0 aliphatic rings. The summed E-state index contributed by atoms with van der Waals surface area (Å²) in [6.45, 7) is 7.44. The van der Waals surface area contributed by atoms with Gasteiger partial charge in [-0.05, 0) is 24.7 Å². The van der Waals surface area contributed by atoms with Gasteiger partial charge in [-0.2, -0.15) is 12.6 Å². The molecule has 33 heavy (non-hydrogen) atoms. The smallest absolute Gasteiger partial charge is 0.326 e. The Morgan fingerprint density at radius 3 is 2.00 bits per heavy atom. The first-order valence-corrected chi connectivity index (χ1v) is 11.5. The van der Waals surface area contributed by atoms with Crippen LogP contribution in [0.1, 0.15) is 47.0 Å². The molecule has 10 N–H and O–H groups in total. The summed E-state index contributed by atoms with van der Waals surface area (Å²) in [5.74, 6) is -3.55. The van der Waals surface area contributed by atoms with Crippen LogP contribution in [0.5, 0.6) is 0 Å². The number of hydrogen-bond acceptors (Lipinski definition) is 7. The summed E-state index contributed by atoms with van der Waals surface area (Å²) in [5, 5.41) is 16.9. The van der Waals surface area contributed by atoms with E-state index >= 15 is 0 Å². The van der Waals surface area contributed by atoms with Crippen LogP contribution >= 0.6 is 12.6 Å². The van der Waals surface area contributed by atoms with Crippen molar-refractivity contribution in [1.29, 1.82) is 0 Å². The third-order valence-corrected chi connectivity index (χ3v) is 5.55. The quantitative estimate of drug-likeness (QED) is 0.0587. The molecule has 0 aromatic heterocycles. The molecule has 12 nitrogen and oxygen atoms in total. The predicted octanol–water partition coefficient (Wildman–Crippen LogP) is -1.46. The molecule has 0 aliphatic heterocycles. The Hall–Kier alpha value is -2.54. The third-order valence-electron chi connectivity index (χ3n) is 5.18. The van der Waals surface area contributed by atoms with E-state index in [2.05, 4.69) is 33.6 Å². The first-order chi connectivity index (χ1) is 15.3. The molecule has 5 atom stereocenters. The Kier molecular flexibility index (Phi) is 14.1. The third kappa shape index (κ3) is 11.2. The van der Waals surface area contributed by atoms with Gasteiger partial charge in [-0.3, -0.25) is 19.4 Å². The topological polar surface area (TPSA) is 215 Å². The summed E-state index contributed by atoms with van der Waals surface area (Å²) in [7, 11) is 0. The lowest BCUT2D eigenvalue weighted by atomic mass is 9.97. The van der Waals surface area contributed by atoms with E-state index in [1.165, 1.54) is 0 Å². The first kappa shape index (κ1) is 30.5. The van der Waals surface area contributed by atoms with Crippen molar-refractivity contribution in [2.75, 3.05) is 12.3 Å². The summed E-state index contributed by atoms with van der Waals surface area (Å²) < 4.78 is 0. The lowest BCUT2D eigenvalue weighted by molar-refractivity contribution is -0.142. The van der Waals surface area contributed by atoms with Crippen LogP contribution in [0.25, 0.3) is 0 Å². The predicted molar refractivity (Wildman–Crippen MR) is 129 cm³/mol. The lowest BCUT2D eigenvalue weighted by Gasteiger charge is -2.27. The number of amides is 3. The van der Waals surface area contributed by atoms with Crippen LogP contribution in [0.15, 0.2) is 4.99 Å². The van der Waals surface area contributed by atoms with Gasteiger partial charge >= 0.3 is 5.97 Å². The van der Waals surface area contributed by atoms with Gasteiger partial charge in [0.1, 0.15) is 18.1 Å². The van der Waals surface area contributed by atoms with Crippen molar-refractivity contribution in [3.05, 3.63) is 0 Å². The standard InChI is InChI=1S/C20H39N7O5S/c1-5-11(4)14(21)17(29)27-15(10(2)3)18(30)26-13(9-33)16(28)25-12(19(31)32)7-6-8-24-20(22)23/h10-15,33H,5-9,21H2,1-4H3,(H,25,28)(H,26,30)(H,27,29)(H,31,32)(H4,22,23,24). The van der Waals surface area contributed by atoms with Crippen LogP contribution in [0.3, 0.4) is 0 Å². The number of carboxylic acid groups (broad SMARTS) is 1. The minimum absolute atomic E-state index is 0.0724. The molecule has 0 aromatic rings. The molecule has 0 heterocycles. The number of nitrogens with zero attached hydrogens (tertiary/aromatic N) is 1. The fraction of sp³-hybridized carbons (Fsp3) is 0.750. The Morgan fingerprint density at radius 1 is 0.970 bits per heavy atom. The Labute approximate surface area is 200 Å². The molecule has 0 saturated carbocycles.